The Bertz CT molecular complexity index is 317. The number of hydrogen-bond donors (Lipinski definition) is 0. The van der Waals surface area contributed by atoms with Crippen LogP contribution in [0.3, 0.4) is 0 Å². The Kier molecular flexibility index (Phi) is 3.56. The fourth-order valence-electron chi connectivity index (χ4n) is 1.92. The summed E-state index contributed by atoms with van der Waals surface area (Å²) in [7, 11) is 0. The summed E-state index contributed by atoms with van der Waals surface area (Å²) in [4.78, 5) is 1.36. The molecule has 1 atom stereocenters. The normalized spacial score (nSPS) is 19.4. The van der Waals surface area contributed by atoms with Crippen LogP contribution in [0.1, 0.15) is 41.5 Å². The van der Waals surface area contributed by atoms with Gasteiger partial charge in [-0.1, -0.05) is 19.3 Å². The highest BCUT2D eigenvalue weighted by Gasteiger charge is 2.23. The molecule has 1 unspecified atom stereocenters. The monoisotopic (exact) mass is 292 g/mol. The summed E-state index contributed by atoms with van der Waals surface area (Å²) in [5.74, 6) is 0.885. The molecule has 1 fully saturated rings. The first-order chi connectivity index (χ1) is 6.66. The molecule has 2 rings (SSSR count). The second-order valence-electron chi connectivity index (χ2n) is 4.06. The molecule has 1 aromatic rings. The van der Waals surface area contributed by atoms with Crippen molar-refractivity contribution < 1.29 is 0 Å². The summed E-state index contributed by atoms with van der Waals surface area (Å²) in [5.41, 5.74) is 1.33. The third kappa shape index (κ3) is 2.34. The second-order valence-corrected chi connectivity index (χ2v) is 7.22. The van der Waals surface area contributed by atoms with Gasteiger partial charge in [-0.15, -0.1) is 22.9 Å². The van der Waals surface area contributed by atoms with E-state index in [-0.39, 0.29) is 5.38 Å². The lowest BCUT2D eigenvalue weighted by Crippen LogP contribution is -2.12. The first-order valence-electron chi connectivity index (χ1n) is 5.06. The first-order valence-corrected chi connectivity index (χ1v) is 7.11. The molecule has 0 aliphatic heterocycles. The number of thiophene rings is 1. The summed E-state index contributed by atoms with van der Waals surface area (Å²) in [6.45, 7) is 2.15. The van der Waals surface area contributed by atoms with Gasteiger partial charge in [0, 0.05) is 4.88 Å². The molecule has 1 saturated carbocycles. The smallest absolute Gasteiger partial charge is 0.0704 e. The number of hydrogen-bond acceptors (Lipinski definition) is 1. The second kappa shape index (κ2) is 4.54. The molecule has 0 spiro atoms. The summed E-state index contributed by atoms with van der Waals surface area (Å²) in [5, 5.41) is 0.225. The van der Waals surface area contributed by atoms with Crippen LogP contribution in [0.5, 0.6) is 0 Å². The van der Waals surface area contributed by atoms with Crippen molar-refractivity contribution in [2.75, 3.05) is 0 Å². The van der Waals surface area contributed by atoms with Gasteiger partial charge in [0.25, 0.3) is 0 Å². The van der Waals surface area contributed by atoms with Gasteiger partial charge in [-0.25, -0.2) is 0 Å². The minimum Gasteiger partial charge on any atom is -0.133 e. The molecular formula is C11H14BrClS. The van der Waals surface area contributed by atoms with Crippen molar-refractivity contribution in [3.63, 3.8) is 0 Å². The molecule has 0 aromatic carbocycles. The maximum atomic E-state index is 6.42. The lowest BCUT2D eigenvalue weighted by atomic mass is 9.81. The van der Waals surface area contributed by atoms with E-state index in [1.807, 2.05) is 0 Å². The van der Waals surface area contributed by atoms with Crippen LogP contribution in [0.15, 0.2) is 9.85 Å². The van der Waals surface area contributed by atoms with E-state index in [0.717, 1.165) is 12.3 Å². The average Bonchev–Trinajstić information content (AvgIpc) is 2.37. The van der Waals surface area contributed by atoms with Gasteiger partial charge in [0.1, 0.15) is 0 Å². The Labute approximate surface area is 103 Å². The summed E-state index contributed by atoms with van der Waals surface area (Å²) < 4.78 is 1.20. The highest BCUT2D eigenvalue weighted by atomic mass is 79.9. The molecule has 3 heteroatoms. The SMILES string of the molecule is Cc1sc(Br)cc1C(Cl)CC1CCC1. The predicted octanol–water partition coefficient (Wildman–Crippen LogP) is 5.29. The molecule has 0 radical (unpaired) electrons. The van der Waals surface area contributed by atoms with Crippen molar-refractivity contribution in [3.8, 4) is 0 Å². The van der Waals surface area contributed by atoms with Crippen LogP contribution in [0, 0.1) is 12.8 Å². The molecule has 0 nitrogen and oxygen atoms in total. The Morgan fingerprint density at radius 3 is 2.79 bits per heavy atom. The lowest BCUT2D eigenvalue weighted by molar-refractivity contribution is 0.293. The zero-order valence-electron chi connectivity index (χ0n) is 8.22. The van der Waals surface area contributed by atoms with Gasteiger partial charge in [-0.2, -0.15) is 0 Å². The van der Waals surface area contributed by atoms with Crippen LogP contribution in [-0.2, 0) is 0 Å². The summed E-state index contributed by atoms with van der Waals surface area (Å²) in [6, 6.07) is 2.18. The molecule has 1 aliphatic rings. The van der Waals surface area contributed by atoms with E-state index in [4.69, 9.17) is 11.6 Å². The van der Waals surface area contributed by atoms with E-state index in [2.05, 4.69) is 28.9 Å². The number of alkyl halides is 1. The topological polar surface area (TPSA) is 0 Å². The van der Waals surface area contributed by atoms with E-state index >= 15 is 0 Å². The van der Waals surface area contributed by atoms with Crippen LogP contribution >= 0.6 is 38.9 Å². The lowest BCUT2D eigenvalue weighted by Gasteiger charge is -2.27. The van der Waals surface area contributed by atoms with E-state index in [1.54, 1.807) is 11.3 Å². The molecule has 1 aliphatic carbocycles. The van der Waals surface area contributed by atoms with Crippen LogP contribution in [0.25, 0.3) is 0 Å². The van der Waals surface area contributed by atoms with Crippen LogP contribution in [0.2, 0.25) is 0 Å². The molecule has 0 saturated heterocycles. The standard InChI is InChI=1S/C11H14BrClS/c1-7-9(6-11(12)14-7)10(13)5-8-3-2-4-8/h6,8,10H,2-5H2,1H3. The van der Waals surface area contributed by atoms with Gasteiger partial charge in [0.2, 0.25) is 0 Å². The Balaban J connectivity index is 2.02. The summed E-state index contributed by atoms with van der Waals surface area (Å²) >= 11 is 11.7. The fourth-order valence-corrected chi connectivity index (χ4v) is 4.23. The van der Waals surface area contributed by atoms with Gasteiger partial charge in [-0.05, 0) is 46.8 Å². The number of halogens is 2. The van der Waals surface area contributed by atoms with E-state index < -0.39 is 0 Å². The third-order valence-corrected chi connectivity index (χ3v) is 5.01. The summed E-state index contributed by atoms with van der Waals surface area (Å²) in [6.07, 6.45) is 5.33. The highest BCUT2D eigenvalue weighted by molar-refractivity contribution is 9.11. The minimum atomic E-state index is 0.225. The Hall–Kier alpha value is 0.470. The van der Waals surface area contributed by atoms with Crippen LogP contribution in [0.4, 0.5) is 0 Å². The maximum Gasteiger partial charge on any atom is 0.0704 e. The highest BCUT2D eigenvalue weighted by Crippen LogP contribution is 2.41. The average molecular weight is 294 g/mol. The van der Waals surface area contributed by atoms with Gasteiger partial charge in [0.15, 0.2) is 0 Å². The third-order valence-electron chi connectivity index (χ3n) is 3.03. The van der Waals surface area contributed by atoms with Crippen LogP contribution in [-0.4, -0.2) is 0 Å². The van der Waals surface area contributed by atoms with Crippen molar-refractivity contribution in [1.29, 1.82) is 0 Å². The van der Waals surface area contributed by atoms with Crippen LogP contribution < -0.4 is 0 Å². The quantitative estimate of drug-likeness (QED) is 0.664. The van der Waals surface area contributed by atoms with Gasteiger partial charge < -0.3 is 0 Å². The molecule has 0 amide bonds. The molecule has 1 aromatic heterocycles. The van der Waals surface area contributed by atoms with Crippen molar-refractivity contribution in [1.82, 2.24) is 0 Å². The van der Waals surface area contributed by atoms with Crippen molar-refractivity contribution in [3.05, 3.63) is 20.3 Å². The van der Waals surface area contributed by atoms with Gasteiger partial charge in [-0.3, -0.25) is 0 Å². The first kappa shape index (κ1) is 11.0. The predicted molar refractivity (Wildman–Crippen MR) is 67.3 cm³/mol. The Morgan fingerprint density at radius 2 is 2.36 bits per heavy atom. The zero-order valence-corrected chi connectivity index (χ0v) is 11.4. The number of aryl methyl sites for hydroxylation is 1. The number of rotatable bonds is 3. The minimum absolute atomic E-state index is 0.225. The van der Waals surface area contributed by atoms with Crippen molar-refractivity contribution in [2.24, 2.45) is 5.92 Å². The van der Waals surface area contributed by atoms with E-state index in [1.165, 1.54) is 33.5 Å². The zero-order chi connectivity index (χ0) is 10.1. The van der Waals surface area contributed by atoms with E-state index in [0.29, 0.717) is 0 Å². The van der Waals surface area contributed by atoms with Crippen molar-refractivity contribution in [2.45, 2.75) is 38.0 Å². The fraction of sp³-hybridized carbons (Fsp3) is 0.636. The molecule has 14 heavy (non-hydrogen) atoms. The van der Waals surface area contributed by atoms with Gasteiger partial charge in [0.05, 0.1) is 9.16 Å². The molecule has 1 heterocycles. The van der Waals surface area contributed by atoms with E-state index in [9.17, 15) is 0 Å². The molecule has 78 valence electrons. The molecule has 0 N–H and O–H groups in total. The largest absolute Gasteiger partial charge is 0.133 e. The Morgan fingerprint density at radius 1 is 1.64 bits per heavy atom. The molecular weight excluding hydrogens is 280 g/mol. The van der Waals surface area contributed by atoms with Gasteiger partial charge >= 0.3 is 0 Å². The van der Waals surface area contributed by atoms with Crippen molar-refractivity contribution >= 4 is 38.9 Å². The molecule has 0 bridgehead atoms. The maximum absolute atomic E-state index is 6.42.